The molecule has 0 spiro atoms. The van der Waals surface area contributed by atoms with E-state index >= 15 is 0 Å². The summed E-state index contributed by atoms with van der Waals surface area (Å²) in [6.45, 7) is 3.72. The first-order valence-corrected chi connectivity index (χ1v) is 21.2. The molecule has 1 rings (SSSR count). The summed E-state index contributed by atoms with van der Waals surface area (Å²) in [6, 6.07) is -0.822. The molecule has 9 heteroatoms. The van der Waals surface area contributed by atoms with Crippen molar-refractivity contribution in [2.45, 2.75) is 217 Å². The number of nitrogens with one attached hydrogen (secondary N) is 1. The Bertz CT molecular complexity index is 910. The number of aliphatic hydroxyl groups is 5. The number of ether oxygens (including phenoxy) is 2. The maximum Gasteiger partial charge on any atom is 0.220 e. The van der Waals surface area contributed by atoms with Crippen molar-refractivity contribution in [3.63, 3.8) is 0 Å². The number of allylic oxidation sites excluding steroid dienone is 5. The van der Waals surface area contributed by atoms with Crippen LogP contribution in [-0.2, 0) is 14.3 Å². The molecule has 1 aliphatic heterocycles. The van der Waals surface area contributed by atoms with Gasteiger partial charge in [-0.15, -0.1) is 0 Å². The summed E-state index contributed by atoms with van der Waals surface area (Å²) in [7, 11) is 0. The zero-order valence-electron chi connectivity index (χ0n) is 33.1. The lowest BCUT2D eigenvalue weighted by Crippen LogP contribution is -2.60. The van der Waals surface area contributed by atoms with Crippen LogP contribution < -0.4 is 5.32 Å². The Balaban J connectivity index is 2.45. The monoisotopic (exact) mass is 738 g/mol. The second-order valence-electron chi connectivity index (χ2n) is 14.8. The number of amides is 1. The summed E-state index contributed by atoms with van der Waals surface area (Å²) in [4.78, 5) is 12.9. The number of hydrogen-bond donors (Lipinski definition) is 6. The maximum absolute atomic E-state index is 12.9. The Morgan fingerprint density at radius 1 is 0.635 bits per heavy atom. The van der Waals surface area contributed by atoms with Crippen LogP contribution in [0.3, 0.4) is 0 Å². The van der Waals surface area contributed by atoms with Gasteiger partial charge >= 0.3 is 0 Å². The van der Waals surface area contributed by atoms with Gasteiger partial charge in [-0.25, -0.2) is 0 Å². The largest absolute Gasteiger partial charge is 0.394 e. The summed E-state index contributed by atoms with van der Waals surface area (Å²) < 4.78 is 11.2. The molecule has 1 fully saturated rings. The minimum absolute atomic E-state index is 0.198. The summed E-state index contributed by atoms with van der Waals surface area (Å²) >= 11 is 0. The number of carbonyl (C=O) groups is 1. The quantitative estimate of drug-likeness (QED) is 0.0287. The SMILES string of the molecule is CCCCCCC/C=C/CCCCCCCC(=O)N[C@@H](CO[C@@H]1O[C@H](CO)[C@@H](O)C(O)C1O)[C@H](O)/C=C/CC/C=C/CCCCCCCCCCC. The summed E-state index contributed by atoms with van der Waals surface area (Å²) in [6.07, 6.45) is 33.3. The minimum atomic E-state index is -1.57. The molecule has 1 amide bonds. The van der Waals surface area contributed by atoms with Gasteiger partial charge in [-0.1, -0.05) is 147 Å². The predicted octanol–water partition coefficient (Wildman–Crippen LogP) is 8.11. The Morgan fingerprint density at radius 3 is 1.62 bits per heavy atom. The topological polar surface area (TPSA) is 149 Å². The van der Waals surface area contributed by atoms with E-state index in [9.17, 15) is 30.3 Å². The van der Waals surface area contributed by atoms with E-state index in [4.69, 9.17) is 9.47 Å². The van der Waals surface area contributed by atoms with Crippen molar-refractivity contribution in [3.05, 3.63) is 36.5 Å². The van der Waals surface area contributed by atoms with Gasteiger partial charge in [0.1, 0.15) is 24.4 Å². The van der Waals surface area contributed by atoms with Gasteiger partial charge in [0.2, 0.25) is 5.91 Å². The van der Waals surface area contributed by atoms with Gasteiger partial charge < -0.3 is 40.3 Å². The highest BCUT2D eigenvalue weighted by molar-refractivity contribution is 5.76. The van der Waals surface area contributed by atoms with Crippen LogP contribution in [0.1, 0.15) is 174 Å². The van der Waals surface area contributed by atoms with Gasteiger partial charge in [0, 0.05) is 6.42 Å². The van der Waals surface area contributed by atoms with Crippen LogP contribution >= 0.6 is 0 Å². The van der Waals surface area contributed by atoms with E-state index in [1.54, 1.807) is 6.08 Å². The Morgan fingerprint density at radius 2 is 1.10 bits per heavy atom. The molecule has 1 saturated heterocycles. The summed E-state index contributed by atoms with van der Waals surface area (Å²) in [5.41, 5.74) is 0. The lowest BCUT2D eigenvalue weighted by molar-refractivity contribution is -0.302. The maximum atomic E-state index is 12.9. The molecule has 7 atom stereocenters. The van der Waals surface area contributed by atoms with Crippen molar-refractivity contribution in [2.75, 3.05) is 13.2 Å². The van der Waals surface area contributed by atoms with Crippen LogP contribution in [0.5, 0.6) is 0 Å². The van der Waals surface area contributed by atoms with Gasteiger partial charge in [-0.2, -0.15) is 0 Å². The highest BCUT2D eigenvalue weighted by Gasteiger charge is 2.44. The fourth-order valence-corrected chi connectivity index (χ4v) is 6.46. The number of unbranched alkanes of at least 4 members (excludes halogenated alkanes) is 20. The first-order valence-electron chi connectivity index (χ1n) is 21.2. The van der Waals surface area contributed by atoms with Gasteiger partial charge in [-0.3, -0.25) is 4.79 Å². The zero-order chi connectivity index (χ0) is 38.1. The molecule has 0 aromatic heterocycles. The second-order valence-corrected chi connectivity index (χ2v) is 14.8. The molecule has 6 N–H and O–H groups in total. The Kier molecular flexibility index (Phi) is 31.6. The third kappa shape index (κ3) is 24.7. The molecule has 52 heavy (non-hydrogen) atoms. The second kappa shape index (κ2) is 33.9. The molecule has 0 aromatic carbocycles. The molecular weight excluding hydrogens is 658 g/mol. The normalized spacial score (nSPS) is 22.2. The summed E-state index contributed by atoms with van der Waals surface area (Å²) in [5.74, 6) is -0.198. The molecule has 0 radical (unpaired) electrons. The number of carbonyl (C=O) groups excluding carboxylic acids is 1. The molecule has 0 bridgehead atoms. The van der Waals surface area contributed by atoms with E-state index in [2.05, 4.69) is 43.5 Å². The van der Waals surface area contributed by atoms with Crippen LogP contribution in [0.2, 0.25) is 0 Å². The predicted molar refractivity (Wildman–Crippen MR) is 212 cm³/mol. The highest BCUT2D eigenvalue weighted by Crippen LogP contribution is 2.22. The van der Waals surface area contributed by atoms with Crippen molar-refractivity contribution >= 4 is 5.91 Å². The third-order valence-corrected chi connectivity index (χ3v) is 9.94. The van der Waals surface area contributed by atoms with Crippen LogP contribution in [0.4, 0.5) is 0 Å². The Hall–Kier alpha value is -1.59. The first kappa shape index (κ1) is 48.4. The van der Waals surface area contributed by atoms with Crippen molar-refractivity contribution in [1.29, 1.82) is 0 Å². The average molecular weight is 738 g/mol. The average Bonchev–Trinajstić information content (AvgIpc) is 3.14. The molecule has 1 aliphatic rings. The minimum Gasteiger partial charge on any atom is -0.394 e. The van der Waals surface area contributed by atoms with E-state index in [0.717, 1.165) is 57.8 Å². The fraction of sp³-hybridized carbons (Fsp3) is 0.837. The lowest BCUT2D eigenvalue weighted by Gasteiger charge is -2.40. The Labute approximate surface area is 317 Å². The molecule has 304 valence electrons. The highest BCUT2D eigenvalue weighted by atomic mass is 16.7. The van der Waals surface area contributed by atoms with Crippen molar-refractivity contribution in [1.82, 2.24) is 5.32 Å². The van der Waals surface area contributed by atoms with Gasteiger partial charge in [0.05, 0.1) is 25.4 Å². The number of hydrogen-bond acceptors (Lipinski definition) is 8. The molecular formula is C43H79NO8. The van der Waals surface area contributed by atoms with Crippen LogP contribution in [-0.4, -0.2) is 87.5 Å². The van der Waals surface area contributed by atoms with Gasteiger partial charge in [0.25, 0.3) is 0 Å². The van der Waals surface area contributed by atoms with Crippen LogP contribution in [0.25, 0.3) is 0 Å². The van der Waals surface area contributed by atoms with E-state index in [-0.39, 0.29) is 12.5 Å². The van der Waals surface area contributed by atoms with Crippen LogP contribution in [0.15, 0.2) is 36.5 Å². The van der Waals surface area contributed by atoms with Crippen LogP contribution in [0, 0.1) is 0 Å². The number of aliphatic hydroxyl groups excluding tert-OH is 5. The third-order valence-electron chi connectivity index (χ3n) is 9.94. The zero-order valence-corrected chi connectivity index (χ0v) is 33.1. The van der Waals surface area contributed by atoms with Crippen molar-refractivity contribution < 1.29 is 39.8 Å². The molecule has 0 aliphatic carbocycles. The van der Waals surface area contributed by atoms with Gasteiger partial charge in [-0.05, 0) is 57.8 Å². The lowest BCUT2D eigenvalue weighted by atomic mass is 9.99. The summed E-state index contributed by atoms with van der Waals surface area (Å²) in [5, 5.41) is 54.0. The molecule has 9 nitrogen and oxygen atoms in total. The van der Waals surface area contributed by atoms with Crippen molar-refractivity contribution in [2.24, 2.45) is 0 Å². The smallest absolute Gasteiger partial charge is 0.220 e. The van der Waals surface area contributed by atoms with E-state index in [1.807, 2.05) is 6.08 Å². The van der Waals surface area contributed by atoms with Gasteiger partial charge in [0.15, 0.2) is 6.29 Å². The van der Waals surface area contributed by atoms with E-state index < -0.39 is 49.5 Å². The first-order chi connectivity index (χ1) is 25.3. The standard InChI is InChI=1S/C43H79NO8/c1-3-5-7-9-11-13-15-17-19-20-22-24-26-28-30-32-37(46)36(35-51-43-42(50)41(49)40(48)38(34-45)52-43)44-39(47)33-31-29-27-25-23-21-18-16-14-12-10-8-6-4-2/h16,18,22,24,30,32,36-38,40-43,45-46,48-50H,3-15,17,19-21,23,25-29,31,33-35H2,1-2H3,(H,44,47)/b18-16+,24-22+,32-30+/t36-,37+,38+,40+,41?,42?,43+/m0/s1. The molecule has 1 heterocycles. The molecule has 0 saturated carbocycles. The fourth-order valence-electron chi connectivity index (χ4n) is 6.46. The van der Waals surface area contributed by atoms with Crippen molar-refractivity contribution in [3.8, 4) is 0 Å². The number of rotatable bonds is 34. The van der Waals surface area contributed by atoms with E-state index in [0.29, 0.717) is 6.42 Å². The molecule has 2 unspecified atom stereocenters. The molecule has 0 aromatic rings. The van der Waals surface area contributed by atoms with E-state index in [1.165, 1.54) is 96.3 Å².